The summed E-state index contributed by atoms with van der Waals surface area (Å²) in [6.07, 6.45) is 9.26. The van der Waals surface area contributed by atoms with Gasteiger partial charge in [0.2, 0.25) is 0 Å². The minimum atomic E-state index is -0.597. The zero-order valence-corrected chi connectivity index (χ0v) is 17.9. The molecule has 0 aromatic heterocycles. The van der Waals surface area contributed by atoms with Crippen LogP contribution in [0.2, 0.25) is 0 Å². The maximum atomic E-state index is 13.2. The summed E-state index contributed by atoms with van der Waals surface area (Å²) in [5, 5.41) is 6.93. The summed E-state index contributed by atoms with van der Waals surface area (Å²) in [6.45, 7) is 12.8. The van der Waals surface area contributed by atoms with E-state index in [1.807, 2.05) is 20.8 Å². The van der Waals surface area contributed by atoms with Gasteiger partial charge in [-0.25, -0.2) is 0 Å². The van der Waals surface area contributed by atoms with Crippen molar-refractivity contribution in [3.8, 4) is 0 Å². The molecule has 0 aromatic carbocycles. The summed E-state index contributed by atoms with van der Waals surface area (Å²) in [6, 6.07) is 0.242. The van der Waals surface area contributed by atoms with Gasteiger partial charge in [-0.2, -0.15) is 0 Å². The molecule has 2 heterocycles. The molecular formula is C22H39N3O2. The highest BCUT2D eigenvalue weighted by Gasteiger charge is 2.45. The highest BCUT2D eigenvalue weighted by atomic mass is 16.1. The van der Waals surface area contributed by atoms with Gasteiger partial charge in [0, 0.05) is 31.6 Å². The molecule has 0 radical (unpaired) electrons. The maximum Gasteiger partial charge on any atom is 0.166 e. The van der Waals surface area contributed by atoms with Crippen molar-refractivity contribution in [2.75, 3.05) is 26.2 Å². The molecule has 2 aliphatic rings. The molecule has 0 saturated carbocycles. The summed E-state index contributed by atoms with van der Waals surface area (Å²) < 4.78 is 0. The predicted molar refractivity (Wildman–Crippen MR) is 111 cm³/mol. The van der Waals surface area contributed by atoms with E-state index in [0.717, 1.165) is 45.2 Å². The number of carbonyl (C=O) groups is 2. The Kier molecular flexibility index (Phi) is 7.78. The molecule has 1 unspecified atom stereocenters. The Morgan fingerprint density at radius 2 is 1.93 bits per heavy atom. The van der Waals surface area contributed by atoms with Crippen molar-refractivity contribution in [3.63, 3.8) is 0 Å². The van der Waals surface area contributed by atoms with Crippen LogP contribution in [0.3, 0.4) is 0 Å². The molecule has 0 aliphatic carbocycles. The van der Waals surface area contributed by atoms with Crippen LogP contribution in [0, 0.1) is 5.92 Å². The van der Waals surface area contributed by atoms with E-state index in [1.165, 1.54) is 0 Å². The first kappa shape index (κ1) is 22.3. The summed E-state index contributed by atoms with van der Waals surface area (Å²) in [7, 11) is 0. The molecule has 27 heavy (non-hydrogen) atoms. The number of Topliss-reactive ketones (excluding diaryl/α,β-unsaturated/α-hetero) is 2. The Morgan fingerprint density at radius 1 is 1.19 bits per heavy atom. The maximum absolute atomic E-state index is 13.2. The van der Waals surface area contributed by atoms with Crippen LogP contribution < -0.4 is 10.6 Å². The van der Waals surface area contributed by atoms with Crippen LogP contribution in [0.1, 0.15) is 66.7 Å². The molecule has 0 amide bonds. The van der Waals surface area contributed by atoms with E-state index < -0.39 is 11.1 Å². The minimum absolute atomic E-state index is 0.0397. The Hall–Kier alpha value is -1.04. The molecule has 0 aromatic rings. The van der Waals surface area contributed by atoms with E-state index in [0.29, 0.717) is 6.54 Å². The van der Waals surface area contributed by atoms with Gasteiger partial charge >= 0.3 is 0 Å². The smallest absolute Gasteiger partial charge is 0.166 e. The van der Waals surface area contributed by atoms with Crippen molar-refractivity contribution >= 4 is 11.6 Å². The third-order valence-electron chi connectivity index (χ3n) is 5.98. The van der Waals surface area contributed by atoms with E-state index in [1.54, 1.807) is 0 Å². The summed E-state index contributed by atoms with van der Waals surface area (Å²) in [5.41, 5.74) is -1.14. The largest absolute Gasteiger partial charge is 0.303 e. The van der Waals surface area contributed by atoms with Crippen molar-refractivity contribution < 1.29 is 9.59 Å². The van der Waals surface area contributed by atoms with Gasteiger partial charge in [0.25, 0.3) is 0 Å². The number of ketones is 2. The average Bonchev–Trinajstić information content (AvgIpc) is 3.01. The zero-order valence-electron chi connectivity index (χ0n) is 17.9. The van der Waals surface area contributed by atoms with Crippen LogP contribution >= 0.6 is 0 Å². The normalized spacial score (nSPS) is 33.4. The lowest BCUT2D eigenvalue weighted by molar-refractivity contribution is -0.129. The standard InChI is InChI=1S/C22H39N3O2/c1-17(2)20(27)22-12-14-25(16-22)13-10-8-6-7-9-11-21(5,24-18(3)4)19(26)15-23-22/h8,10,17-18,23-24H,6-7,9,11-16H2,1-5H3/t21-,22-/m1/s1. The lowest BCUT2D eigenvalue weighted by Crippen LogP contribution is -2.61. The zero-order chi connectivity index (χ0) is 20.1. The van der Waals surface area contributed by atoms with Crippen LogP contribution in [-0.2, 0) is 9.59 Å². The highest BCUT2D eigenvalue weighted by Crippen LogP contribution is 2.26. The highest BCUT2D eigenvalue weighted by molar-refractivity contribution is 5.93. The van der Waals surface area contributed by atoms with E-state index in [4.69, 9.17) is 0 Å². The monoisotopic (exact) mass is 377 g/mol. The lowest BCUT2D eigenvalue weighted by atomic mass is 9.84. The number of nitrogens with zero attached hydrogens (tertiary/aromatic N) is 1. The van der Waals surface area contributed by atoms with Gasteiger partial charge in [-0.1, -0.05) is 32.4 Å². The molecule has 2 bridgehead atoms. The number of nitrogens with one attached hydrogen (secondary N) is 2. The first-order valence-corrected chi connectivity index (χ1v) is 10.7. The molecule has 3 atom stereocenters. The second-order valence-corrected chi connectivity index (χ2v) is 9.21. The SMILES string of the molecule is CC(C)N[C@]1(C)CCCCC=CCN2CC[C@](C(=O)C(C)C)(C2)NCC1=O. The Balaban J connectivity index is 2.24. The third-order valence-corrected chi connectivity index (χ3v) is 5.98. The van der Waals surface area contributed by atoms with Gasteiger partial charge in [-0.05, 0) is 46.5 Å². The number of hydrogen-bond donors (Lipinski definition) is 2. The topological polar surface area (TPSA) is 61.4 Å². The van der Waals surface area contributed by atoms with Gasteiger partial charge in [0.05, 0.1) is 17.6 Å². The van der Waals surface area contributed by atoms with E-state index in [9.17, 15) is 9.59 Å². The van der Waals surface area contributed by atoms with Crippen LogP contribution in [0.25, 0.3) is 0 Å². The van der Waals surface area contributed by atoms with Crippen molar-refractivity contribution in [3.05, 3.63) is 12.2 Å². The number of carbonyl (C=O) groups excluding carboxylic acids is 2. The van der Waals surface area contributed by atoms with Crippen LogP contribution in [0.5, 0.6) is 0 Å². The average molecular weight is 378 g/mol. The molecule has 2 aliphatic heterocycles. The number of rotatable bonds is 4. The number of fused-ring (bicyclic) bond motifs is 2. The summed E-state index contributed by atoms with van der Waals surface area (Å²) in [4.78, 5) is 28.5. The minimum Gasteiger partial charge on any atom is -0.303 e. The van der Waals surface area contributed by atoms with Crippen LogP contribution in [-0.4, -0.2) is 59.8 Å². The number of allylic oxidation sites excluding steroid dienone is 1. The molecule has 5 nitrogen and oxygen atoms in total. The van der Waals surface area contributed by atoms with Gasteiger partial charge in [0.15, 0.2) is 11.6 Å². The Morgan fingerprint density at radius 3 is 2.59 bits per heavy atom. The van der Waals surface area contributed by atoms with Crippen molar-refractivity contribution in [2.45, 2.75) is 83.8 Å². The molecule has 154 valence electrons. The quantitative estimate of drug-likeness (QED) is 0.738. The first-order chi connectivity index (χ1) is 12.7. The van der Waals surface area contributed by atoms with Crippen molar-refractivity contribution in [1.82, 2.24) is 15.5 Å². The summed E-state index contributed by atoms with van der Waals surface area (Å²) >= 11 is 0. The van der Waals surface area contributed by atoms with Gasteiger partial charge < -0.3 is 5.32 Å². The van der Waals surface area contributed by atoms with Gasteiger partial charge in [-0.3, -0.25) is 19.8 Å². The van der Waals surface area contributed by atoms with E-state index in [2.05, 4.69) is 41.5 Å². The fourth-order valence-corrected chi connectivity index (χ4v) is 4.49. The molecule has 2 rings (SSSR count). The predicted octanol–water partition coefficient (Wildman–Crippen LogP) is 2.70. The second-order valence-electron chi connectivity index (χ2n) is 9.21. The molecule has 1 saturated heterocycles. The second kappa shape index (κ2) is 9.44. The third kappa shape index (κ3) is 5.72. The molecule has 2 N–H and O–H groups in total. The van der Waals surface area contributed by atoms with Gasteiger partial charge in [-0.15, -0.1) is 0 Å². The Bertz CT molecular complexity index is 558. The molecule has 5 heteroatoms. The van der Waals surface area contributed by atoms with E-state index in [-0.39, 0.29) is 30.1 Å². The molecular weight excluding hydrogens is 338 g/mol. The lowest BCUT2D eigenvalue weighted by Gasteiger charge is -2.35. The molecule has 0 spiro atoms. The Labute approximate surface area is 165 Å². The fraction of sp³-hybridized carbons (Fsp3) is 0.818. The van der Waals surface area contributed by atoms with Crippen molar-refractivity contribution in [2.24, 2.45) is 5.92 Å². The van der Waals surface area contributed by atoms with Crippen molar-refractivity contribution in [1.29, 1.82) is 0 Å². The first-order valence-electron chi connectivity index (χ1n) is 10.7. The van der Waals surface area contributed by atoms with Crippen LogP contribution in [0.15, 0.2) is 12.2 Å². The fourth-order valence-electron chi connectivity index (χ4n) is 4.49. The number of hydrogen-bond acceptors (Lipinski definition) is 5. The van der Waals surface area contributed by atoms with Crippen LogP contribution in [0.4, 0.5) is 0 Å². The summed E-state index contributed by atoms with van der Waals surface area (Å²) in [5.74, 6) is 0.354. The molecule has 1 fully saturated rings. The van der Waals surface area contributed by atoms with E-state index >= 15 is 0 Å². The van der Waals surface area contributed by atoms with Gasteiger partial charge in [0.1, 0.15) is 0 Å².